The predicted molar refractivity (Wildman–Crippen MR) is 64.5 cm³/mol. The van der Waals surface area contributed by atoms with Crippen molar-refractivity contribution in [2.45, 2.75) is 38.1 Å². The first kappa shape index (κ1) is 11.1. The lowest BCUT2D eigenvalue weighted by atomic mass is 9.92. The van der Waals surface area contributed by atoms with Gasteiger partial charge in [-0.2, -0.15) is 0 Å². The highest BCUT2D eigenvalue weighted by Crippen LogP contribution is 2.25. The highest BCUT2D eigenvalue weighted by molar-refractivity contribution is 7.12. The van der Waals surface area contributed by atoms with Crippen LogP contribution >= 0.6 is 11.3 Å². The average Bonchev–Trinajstić information content (AvgIpc) is 2.56. The fourth-order valence-corrected chi connectivity index (χ4v) is 2.82. The summed E-state index contributed by atoms with van der Waals surface area (Å²) in [5.41, 5.74) is 0. The summed E-state index contributed by atoms with van der Waals surface area (Å²) in [6.07, 6.45) is 3.98. The molecule has 0 amide bonds. The standard InChI is InChI=1S/C12H19NOS/c1-9-5-6-12(15-9)10(8-14)7-13-11-3-2-4-11/h5-6,10-11,13-14H,2-4,7-8H2,1H3. The normalized spacial score (nSPS) is 18.8. The number of nitrogens with one attached hydrogen (secondary N) is 1. The number of hydrogen-bond donors (Lipinski definition) is 2. The third-order valence-electron chi connectivity index (χ3n) is 3.14. The summed E-state index contributed by atoms with van der Waals surface area (Å²) < 4.78 is 0. The van der Waals surface area contributed by atoms with Crippen molar-refractivity contribution in [2.75, 3.05) is 13.2 Å². The van der Waals surface area contributed by atoms with Crippen LogP contribution in [-0.2, 0) is 0 Å². The Hall–Kier alpha value is -0.380. The maximum absolute atomic E-state index is 9.36. The number of aryl methyl sites for hydroxylation is 1. The summed E-state index contributed by atoms with van der Waals surface area (Å²) in [6, 6.07) is 4.98. The first-order valence-corrected chi connectivity index (χ1v) is 6.52. The maximum atomic E-state index is 9.36. The molecule has 1 aromatic rings. The van der Waals surface area contributed by atoms with Gasteiger partial charge in [-0.25, -0.2) is 0 Å². The van der Waals surface area contributed by atoms with Gasteiger partial charge in [0.25, 0.3) is 0 Å². The van der Waals surface area contributed by atoms with Crippen molar-refractivity contribution in [1.82, 2.24) is 5.32 Å². The smallest absolute Gasteiger partial charge is 0.0519 e. The first-order valence-electron chi connectivity index (χ1n) is 5.70. The van der Waals surface area contributed by atoms with Crippen LogP contribution in [0.25, 0.3) is 0 Å². The van der Waals surface area contributed by atoms with Crippen molar-refractivity contribution in [3.05, 3.63) is 21.9 Å². The molecule has 2 rings (SSSR count). The van der Waals surface area contributed by atoms with Crippen LogP contribution in [0.2, 0.25) is 0 Å². The molecule has 0 radical (unpaired) electrons. The van der Waals surface area contributed by atoms with Crippen LogP contribution in [0.4, 0.5) is 0 Å². The van der Waals surface area contributed by atoms with E-state index < -0.39 is 0 Å². The molecule has 0 aromatic carbocycles. The zero-order valence-corrected chi connectivity index (χ0v) is 10.0. The molecule has 1 atom stereocenters. The van der Waals surface area contributed by atoms with Crippen LogP contribution in [0.5, 0.6) is 0 Å². The third-order valence-corrected chi connectivity index (χ3v) is 4.31. The van der Waals surface area contributed by atoms with Crippen LogP contribution in [0.1, 0.15) is 34.9 Å². The molecular weight excluding hydrogens is 206 g/mol. The molecule has 0 aliphatic heterocycles. The van der Waals surface area contributed by atoms with E-state index in [9.17, 15) is 5.11 Å². The average molecular weight is 225 g/mol. The number of aliphatic hydroxyl groups excluding tert-OH is 1. The number of aliphatic hydroxyl groups is 1. The molecule has 0 spiro atoms. The summed E-state index contributed by atoms with van der Waals surface area (Å²) >= 11 is 1.80. The topological polar surface area (TPSA) is 32.3 Å². The summed E-state index contributed by atoms with van der Waals surface area (Å²) in [5.74, 6) is 0.282. The molecular formula is C12H19NOS. The van der Waals surface area contributed by atoms with Crippen molar-refractivity contribution in [3.8, 4) is 0 Å². The Bertz CT molecular complexity index is 306. The van der Waals surface area contributed by atoms with Crippen LogP contribution in [-0.4, -0.2) is 24.3 Å². The van der Waals surface area contributed by atoms with Crippen molar-refractivity contribution >= 4 is 11.3 Å². The highest BCUT2D eigenvalue weighted by Gasteiger charge is 2.19. The molecule has 2 N–H and O–H groups in total. The SMILES string of the molecule is Cc1ccc(C(CO)CNC2CCC2)s1. The van der Waals surface area contributed by atoms with Crippen molar-refractivity contribution in [1.29, 1.82) is 0 Å². The van der Waals surface area contributed by atoms with E-state index in [1.54, 1.807) is 11.3 Å². The van der Waals surface area contributed by atoms with E-state index in [1.807, 2.05) is 0 Å². The van der Waals surface area contributed by atoms with Gasteiger partial charge >= 0.3 is 0 Å². The zero-order valence-electron chi connectivity index (χ0n) is 9.20. The van der Waals surface area contributed by atoms with Gasteiger partial charge in [-0.1, -0.05) is 6.42 Å². The van der Waals surface area contributed by atoms with E-state index in [2.05, 4.69) is 24.4 Å². The molecule has 1 fully saturated rings. The van der Waals surface area contributed by atoms with E-state index in [0.29, 0.717) is 6.04 Å². The molecule has 1 heterocycles. The minimum atomic E-state index is 0.250. The van der Waals surface area contributed by atoms with Gasteiger partial charge in [0, 0.05) is 28.3 Å². The summed E-state index contributed by atoms with van der Waals surface area (Å²) in [4.78, 5) is 2.63. The molecule has 1 aliphatic rings. The third kappa shape index (κ3) is 2.80. The Morgan fingerprint density at radius 3 is 2.80 bits per heavy atom. The highest BCUT2D eigenvalue weighted by atomic mass is 32.1. The molecule has 3 heteroatoms. The van der Waals surface area contributed by atoms with Crippen LogP contribution in [0.15, 0.2) is 12.1 Å². The number of rotatable bonds is 5. The fourth-order valence-electron chi connectivity index (χ4n) is 1.85. The Labute approximate surface area is 95.3 Å². The van der Waals surface area contributed by atoms with Gasteiger partial charge in [0.05, 0.1) is 6.61 Å². The van der Waals surface area contributed by atoms with Crippen LogP contribution in [0, 0.1) is 6.92 Å². The minimum absolute atomic E-state index is 0.250. The Morgan fingerprint density at radius 1 is 1.53 bits per heavy atom. The maximum Gasteiger partial charge on any atom is 0.0519 e. The second-order valence-corrected chi connectivity index (χ2v) is 5.68. The van der Waals surface area contributed by atoms with Gasteiger partial charge in [-0.3, -0.25) is 0 Å². The molecule has 0 bridgehead atoms. The van der Waals surface area contributed by atoms with Crippen LogP contribution in [0.3, 0.4) is 0 Å². The molecule has 1 saturated carbocycles. The number of hydrogen-bond acceptors (Lipinski definition) is 3. The Balaban J connectivity index is 1.85. The number of thiophene rings is 1. The van der Waals surface area contributed by atoms with E-state index in [4.69, 9.17) is 0 Å². The predicted octanol–water partition coefficient (Wildman–Crippen LogP) is 2.27. The van der Waals surface area contributed by atoms with Gasteiger partial charge in [0.1, 0.15) is 0 Å². The van der Waals surface area contributed by atoms with E-state index >= 15 is 0 Å². The van der Waals surface area contributed by atoms with E-state index in [1.165, 1.54) is 29.0 Å². The molecule has 15 heavy (non-hydrogen) atoms. The summed E-state index contributed by atoms with van der Waals surface area (Å²) in [5, 5.41) is 12.9. The quantitative estimate of drug-likeness (QED) is 0.805. The van der Waals surface area contributed by atoms with Gasteiger partial charge in [0.2, 0.25) is 0 Å². The van der Waals surface area contributed by atoms with E-state index in [-0.39, 0.29) is 12.5 Å². The van der Waals surface area contributed by atoms with Crippen LogP contribution < -0.4 is 5.32 Å². The zero-order chi connectivity index (χ0) is 10.7. The van der Waals surface area contributed by atoms with Gasteiger partial charge in [-0.15, -0.1) is 11.3 Å². The van der Waals surface area contributed by atoms with Crippen molar-refractivity contribution in [2.24, 2.45) is 0 Å². The summed E-state index contributed by atoms with van der Waals surface area (Å²) in [7, 11) is 0. The minimum Gasteiger partial charge on any atom is -0.396 e. The van der Waals surface area contributed by atoms with Crippen molar-refractivity contribution in [3.63, 3.8) is 0 Å². The lowest BCUT2D eigenvalue weighted by Crippen LogP contribution is -2.38. The van der Waals surface area contributed by atoms with E-state index in [0.717, 1.165) is 6.54 Å². The van der Waals surface area contributed by atoms with Gasteiger partial charge < -0.3 is 10.4 Å². The molecule has 1 aromatic heterocycles. The monoisotopic (exact) mass is 225 g/mol. The summed E-state index contributed by atoms with van der Waals surface area (Å²) in [6.45, 7) is 3.28. The fraction of sp³-hybridized carbons (Fsp3) is 0.667. The molecule has 2 nitrogen and oxygen atoms in total. The molecule has 1 aliphatic carbocycles. The first-order chi connectivity index (χ1) is 7.29. The molecule has 1 unspecified atom stereocenters. The molecule has 0 saturated heterocycles. The second kappa shape index (κ2) is 5.10. The molecule has 84 valence electrons. The lowest BCUT2D eigenvalue weighted by molar-refractivity contribution is 0.249. The lowest BCUT2D eigenvalue weighted by Gasteiger charge is -2.28. The largest absolute Gasteiger partial charge is 0.396 e. The van der Waals surface area contributed by atoms with Gasteiger partial charge in [-0.05, 0) is 31.9 Å². The Kier molecular flexibility index (Phi) is 3.78. The second-order valence-electron chi connectivity index (χ2n) is 4.36. The van der Waals surface area contributed by atoms with Crippen molar-refractivity contribution < 1.29 is 5.11 Å². The van der Waals surface area contributed by atoms with Gasteiger partial charge in [0.15, 0.2) is 0 Å². The Morgan fingerprint density at radius 2 is 2.33 bits per heavy atom.